The lowest BCUT2D eigenvalue weighted by Gasteiger charge is -2.25. The zero-order valence-corrected chi connectivity index (χ0v) is 16.0. The number of hydrogen-bond donors (Lipinski definition) is 0. The second-order valence-corrected chi connectivity index (χ2v) is 9.40. The van der Waals surface area contributed by atoms with Crippen molar-refractivity contribution in [1.82, 2.24) is 0 Å². The van der Waals surface area contributed by atoms with Gasteiger partial charge in [-0.25, -0.2) is 8.42 Å². The van der Waals surface area contributed by atoms with Crippen LogP contribution in [0.1, 0.15) is 17.5 Å². The molecule has 4 heteroatoms. The summed E-state index contributed by atoms with van der Waals surface area (Å²) in [7, 11) is -3.48. The van der Waals surface area contributed by atoms with Crippen LogP contribution in [0.2, 0.25) is 0 Å². The van der Waals surface area contributed by atoms with Crippen molar-refractivity contribution in [1.29, 1.82) is 0 Å². The van der Waals surface area contributed by atoms with Crippen LogP contribution in [0.15, 0.2) is 95.9 Å². The minimum absolute atomic E-state index is 0.203. The van der Waals surface area contributed by atoms with E-state index in [1.165, 1.54) is 0 Å². The second kappa shape index (κ2) is 6.73. The van der Waals surface area contributed by atoms with E-state index < -0.39 is 21.2 Å². The monoisotopic (exact) mass is 388 g/mol. The average Bonchev–Trinajstić information content (AvgIpc) is 3.35. The van der Waals surface area contributed by atoms with Gasteiger partial charge in [0, 0.05) is 0 Å². The van der Waals surface area contributed by atoms with Crippen molar-refractivity contribution in [3.63, 3.8) is 0 Å². The van der Waals surface area contributed by atoms with E-state index in [0.29, 0.717) is 11.3 Å². The quantitative estimate of drug-likeness (QED) is 0.655. The summed E-state index contributed by atoms with van der Waals surface area (Å²) in [6, 6.07) is 28.9. The molecule has 2 aliphatic rings. The minimum atomic E-state index is -3.48. The normalized spacial score (nSPS) is 23.9. The van der Waals surface area contributed by atoms with Crippen molar-refractivity contribution >= 4 is 21.0 Å². The Bertz CT molecular complexity index is 1120. The summed E-state index contributed by atoms with van der Waals surface area (Å²) in [4.78, 5) is 0.366. The highest BCUT2D eigenvalue weighted by molar-refractivity contribution is 7.92. The summed E-state index contributed by atoms with van der Waals surface area (Å²) in [5, 5.41) is -0.567. The zero-order valence-electron chi connectivity index (χ0n) is 15.2. The van der Waals surface area contributed by atoms with E-state index in [2.05, 4.69) is 12.1 Å². The van der Waals surface area contributed by atoms with Crippen LogP contribution in [-0.2, 0) is 14.6 Å². The van der Waals surface area contributed by atoms with Gasteiger partial charge in [0.2, 0.25) is 0 Å². The number of benzene rings is 3. The van der Waals surface area contributed by atoms with Crippen LogP contribution in [0.4, 0.5) is 0 Å². The summed E-state index contributed by atoms with van der Waals surface area (Å²) in [6.07, 6.45) is -0.165. The van der Waals surface area contributed by atoms with Gasteiger partial charge >= 0.3 is 0 Å². The van der Waals surface area contributed by atoms with E-state index in [1.807, 2.05) is 54.6 Å². The molecular formula is C24H20O3S. The summed E-state index contributed by atoms with van der Waals surface area (Å²) < 4.78 is 33.0. The Morgan fingerprint density at radius 3 is 1.75 bits per heavy atom. The van der Waals surface area contributed by atoms with Crippen LogP contribution in [0, 0.1) is 0 Å². The Morgan fingerprint density at radius 2 is 1.18 bits per heavy atom. The highest BCUT2D eigenvalue weighted by atomic mass is 32.2. The average molecular weight is 388 g/mol. The number of hydrogen-bond acceptors (Lipinski definition) is 3. The molecule has 0 spiro atoms. The van der Waals surface area contributed by atoms with Crippen molar-refractivity contribution < 1.29 is 13.2 Å². The topological polar surface area (TPSA) is 43.4 Å². The predicted molar refractivity (Wildman–Crippen MR) is 110 cm³/mol. The van der Waals surface area contributed by atoms with E-state index in [4.69, 9.17) is 4.74 Å². The Morgan fingerprint density at radius 1 is 0.679 bits per heavy atom. The molecule has 3 atom stereocenters. The molecule has 3 unspecified atom stereocenters. The van der Waals surface area contributed by atoms with Gasteiger partial charge < -0.3 is 4.74 Å². The highest BCUT2D eigenvalue weighted by Gasteiger charge is 2.52. The number of rotatable bonds is 4. The number of fused-ring (bicyclic) bond motifs is 2. The molecule has 0 aromatic heterocycles. The van der Waals surface area contributed by atoms with Crippen LogP contribution in [-0.4, -0.2) is 25.9 Å². The summed E-state index contributed by atoms with van der Waals surface area (Å²) in [5.41, 5.74) is 4.26. The molecule has 1 fully saturated rings. The molecule has 1 saturated heterocycles. The van der Waals surface area contributed by atoms with Gasteiger partial charge in [-0.1, -0.05) is 78.9 Å². The van der Waals surface area contributed by atoms with E-state index in [0.717, 1.165) is 22.3 Å². The minimum Gasteiger partial charge on any atom is -0.364 e. The van der Waals surface area contributed by atoms with Crippen molar-refractivity contribution in [2.45, 2.75) is 28.8 Å². The third-order valence-electron chi connectivity index (χ3n) is 5.63. The molecule has 0 N–H and O–H groups in total. The van der Waals surface area contributed by atoms with Gasteiger partial charge in [-0.3, -0.25) is 0 Å². The predicted octanol–water partition coefficient (Wildman–Crippen LogP) is 4.61. The van der Waals surface area contributed by atoms with Crippen LogP contribution in [0.3, 0.4) is 0 Å². The smallest absolute Gasteiger partial charge is 0.184 e. The van der Waals surface area contributed by atoms with Crippen molar-refractivity contribution in [2.75, 3.05) is 0 Å². The fourth-order valence-corrected chi connectivity index (χ4v) is 6.23. The van der Waals surface area contributed by atoms with Gasteiger partial charge in [-0.2, -0.15) is 0 Å². The van der Waals surface area contributed by atoms with Crippen LogP contribution in [0.5, 0.6) is 0 Å². The molecule has 0 amide bonds. The van der Waals surface area contributed by atoms with E-state index in [-0.39, 0.29) is 6.10 Å². The lowest BCUT2D eigenvalue weighted by atomic mass is 9.84. The molecule has 2 aliphatic heterocycles. The molecule has 3 aromatic carbocycles. The zero-order chi connectivity index (χ0) is 19.1. The van der Waals surface area contributed by atoms with Crippen molar-refractivity contribution in [3.05, 3.63) is 102 Å². The molecular weight excluding hydrogens is 368 g/mol. The molecule has 2 bridgehead atoms. The maximum absolute atomic E-state index is 13.3. The molecule has 140 valence electrons. The third kappa shape index (κ3) is 2.72. The number of ether oxygens (including phenoxy) is 1. The van der Waals surface area contributed by atoms with Gasteiger partial charge in [-0.05, 0) is 40.8 Å². The van der Waals surface area contributed by atoms with Crippen molar-refractivity contribution in [2.24, 2.45) is 0 Å². The standard InChI is InChI=1S/C24H20O3S/c25-28(26,19-14-8-3-9-15-19)21-16-20-22(17-10-4-1-5-11-17)23(24(21)27-20)18-12-6-2-7-13-18/h1-15,20-21,24H,16H2. The fraction of sp³-hybridized carbons (Fsp3) is 0.167. The van der Waals surface area contributed by atoms with Gasteiger partial charge in [0.25, 0.3) is 0 Å². The fourth-order valence-electron chi connectivity index (χ4n) is 4.39. The summed E-state index contributed by atoms with van der Waals surface area (Å²) in [6.45, 7) is 0. The Balaban J connectivity index is 1.65. The lowest BCUT2D eigenvalue weighted by molar-refractivity contribution is 0.128. The van der Waals surface area contributed by atoms with E-state index in [9.17, 15) is 8.42 Å². The third-order valence-corrected chi connectivity index (χ3v) is 7.80. The summed E-state index contributed by atoms with van der Waals surface area (Å²) in [5.74, 6) is 0. The highest BCUT2D eigenvalue weighted by Crippen LogP contribution is 2.51. The molecule has 3 nitrogen and oxygen atoms in total. The lowest BCUT2D eigenvalue weighted by Crippen LogP contribution is -2.32. The van der Waals surface area contributed by atoms with E-state index in [1.54, 1.807) is 24.3 Å². The molecule has 0 radical (unpaired) electrons. The first kappa shape index (κ1) is 17.4. The summed E-state index contributed by atoms with van der Waals surface area (Å²) >= 11 is 0. The maximum atomic E-state index is 13.3. The molecule has 3 aromatic rings. The largest absolute Gasteiger partial charge is 0.364 e. The van der Waals surface area contributed by atoms with Gasteiger partial charge in [-0.15, -0.1) is 0 Å². The van der Waals surface area contributed by atoms with Gasteiger partial charge in [0.05, 0.1) is 16.2 Å². The number of sulfone groups is 1. The first-order chi connectivity index (χ1) is 13.7. The Hall–Kier alpha value is -2.69. The Kier molecular flexibility index (Phi) is 4.18. The van der Waals surface area contributed by atoms with Crippen LogP contribution >= 0.6 is 0 Å². The first-order valence-electron chi connectivity index (χ1n) is 9.45. The molecule has 0 saturated carbocycles. The molecule has 2 heterocycles. The van der Waals surface area contributed by atoms with Gasteiger partial charge in [0.15, 0.2) is 9.84 Å². The second-order valence-electron chi connectivity index (χ2n) is 7.24. The van der Waals surface area contributed by atoms with E-state index >= 15 is 0 Å². The Labute approximate surface area is 165 Å². The molecule has 0 aliphatic carbocycles. The SMILES string of the molecule is O=S(=O)(c1ccccc1)C1CC2OC1C(c1ccccc1)=C2c1ccccc1. The molecule has 5 rings (SSSR count). The van der Waals surface area contributed by atoms with Gasteiger partial charge in [0.1, 0.15) is 6.10 Å². The molecule has 28 heavy (non-hydrogen) atoms. The maximum Gasteiger partial charge on any atom is 0.184 e. The van der Waals surface area contributed by atoms with Crippen LogP contribution in [0.25, 0.3) is 11.1 Å². The van der Waals surface area contributed by atoms with Crippen LogP contribution < -0.4 is 0 Å². The van der Waals surface area contributed by atoms with Crippen molar-refractivity contribution in [3.8, 4) is 0 Å². The first-order valence-corrected chi connectivity index (χ1v) is 11.0.